The van der Waals surface area contributed by atoms with Gasteiger partial charge in [-0.05, 0) is 12.6 Å². The van der Waals surface area contributed by atoms with Crippen LogP contribution in [0.15, 0.2) is 22.1 Å². The van der Waals surface area contributed by atoms with Gasteiger partial charge in [0.05, 0.1) is 6.54 Å². The van der Waals surface area contributed by atoms with E-state index in [0.29, 0.717) is 6.54 Å². The molecule has 0 amide bonds. The number of nitrogens with zero attached hydrogens (tertiary/aromatic N) is 2. The molecule has 0 radical (unpaired) electrons. The molecule has 0 bridgehead atoms. The lowest BCUT2D eigenvalue weighted by molar-refractivity contribution is 1.05. The van der Waals surface area contributed by atoms with Gasteiger partial charge in [0.2, 0.25) is 0 Å². The van der Waals surface area contributed by atoms with E-state index in [2.05, 4.69) is 9.98 Å². The molecule has 2 N–H and O–H groups in total. The van der Waals surface area contributed by atoms with Gasteiger partial charge >= 0.3 is 0 Å². The van der Waals surface area contributed by atoms with Crippen molar-refractivity contribution in [2.24, 2.45) is 15.7 Å². The zero-order valence-corrected chi connectivity index (χ0v) is 5.83. The summed E-state index contributed by atoms with van der Waals surface area (Å²) in [4.78, 5) is 8.03. The van der Waals surface area contributed by atoms with Gasteiger partial charge in [0.15, 0.2) is 0 Å². The molecular formula is C7H11N3. The van der Waals surface area contributed by atoms with E-state index >= 15 is 0 Å². The monoisotopic (exact) mass is 137 g/mol. The summed E-state index contributed by atoms with van der Waals surface area (Å²) in [5, 5.41) is 0. The first-order valence-corrected chi connectivity index (χ1v) is 3.35. The Bertz CT molecular complexity index is 179. The lowest BCUT2D eigenvalue weighted by atomic mass is 10.2. The molecule has 0 spiro atoms. The topological polar surface area (TPSA) is 50.7 Å². The van der Waals surface area contributed by atoms with E-state index < -0.39 is 0 Å². The van der Waals surface area contributed by atoms with Crippen molar-refractivity contribution >= 4 is 12.1 Å². The Morgan fingerprint density at radius 1 is 1.60 bits per heavy atom. The summed E-state index contributed by atoms with van der Waals surface area (Å²) in [5.74, 6) is 0. The molecule has 1 aliphatic rings. The van der Waals surface area contributed by atoms with Crippen LogP contribution in [0.1, 0.15) is 6.42 Å². The number of aliphatic imine (C=N–C) groups is 2. The SMILES string of the molecule is NCCC1=NC=NCC=C1. The van der Waals surface area contributed by atoms with E-state index in [1.54, 1.807) is 6.34 Å². The van der Waals surface area contributed by atoms with Gasteiger partial charge in [-0.1, -0.05) is 6.08 Å². The first-order chi connectivity index (χ1) is 4.93. The number of allylic oxidation sites excluding steroid dienone is 1. The van der Waals surface area contributed by atoms with Gasteiger partial charge in [0, 0.05) is 12.1 Å². The van der Waals surface area contributed by atoms with Crippen molar-refractivity contribution in [2.75, 3.05) is 13.1 Å². The molecule has 1 rings (SSSR count). The van der Waals surface area contributed by atoms with E-state index in [1.807, 2.05) is 12.2 Å². The van der Waals surface area contributed by atoms with Crippen molar-refractivity contribution in [1.29, 1.82) is 0 Å². The van der Waals surface area contributed by atoms with E-state index in [4.69, 9.17) is 5.73 Å². The van der Waals surface area contributed by atoms with Crippen LogP contribution < -0.4 is 5.73 Å². The van der Waals surface area contributed by atoms with Crippen LogP contribution in [0.3, 0.4) is 0 Å². The second-order valence-corrected chi connectivity index (χ2v) is 2.04. The fraction of sp³-hybridized carbons (Fsp3) is 0.429. The molecule has 0 aromatic rings. The van der Waals surface area contributed by atoms with Gasteiger partial charge in [0.25, 0.3) is 0 Å². The van der Waals surface area contributed by atoms with Crippen molar-refractivity contribution in [3.63, 3.8) is 0 Å². The van der Waals surface area contributed by atoms with Gasteiger partial charge in [-0.25, -0.2) is 4.99 Å². The van der Waals surface area contributed by atoms with E-state index in [0.717, 1.165) is 18.7 Å². The van der Waals surface area contributed by atoms with Crippen LogP contribution in [0, 0.1) is 0 Å². The molecule has 0 saturated heterocycles. The Morgan fingerprint density at radius 2 is 2.50 bits per heavy atom. The minimum absolute atomic E-state index is 0.650. The summed E-state index contributed by atoms with van der Waals surface area (Å²) in [5.41, 5.74) is 6.37. The third-order valence-corrected chi connectivity index (χ3v) is 1.23. The Labute approximate surface area is 60.4 Å². The van der Waals surface area contributed by atoms with Gasteiger partial charge < -0.3 is 5.73 Å². The molecule has 3 heteroatoms. The largest absolute Gasteiger partial charge is 0.330 e. The van der Waals surface area contributed by atoms with Crippen LogP contribution in [0.2, 0.25) is 0 Å². The summed E-state index contributed by atoms with van der Waals surface area (Å²) >= 11 is 0. The van der Waals surface area contributed by atoms with Crippen LogP contribution in [-0.4, -0.2) is 25.1 Å². The second-order valence-electron chi connectivity index (χ2n) is 2.04. The Kier molecular flexibility index (Phi) is 2.83. The molecule has 54 valence electrons. The minimum atomic E-state index is 0.650. The smallest absolute Gasteiger partial charge is 0.110 e. The summed E-state index contributed by atoms with van der Waals surface area (Å²) in [7, 11) is 0. The fourth-order valence-electron chi connectivity index (χ4n) is 0.751. The van der Waals surface area contributed by atoms with Crippen molar-refractivity contribution < 1.29 is 0 Å². The standard InChI is InChI=1S/C7H11N3/c8-4-3-7-2-1-5-9-6-10-7/h1-2,6H,3-5,8H2. The predicted octanol–water partition coefficient (Wildman–Crippen LogP) is 0.374. The summed E-state index contributed by atoms with van der Waals surface area (Å²) in [6.07, 6.45) is 6.38. The maximum absolute atomic E-state index is 5.35. The third-order valence-electron chi connectivity index (χ3n) is 1.23. The molecule has 0 aromatic heterocycles. The van der Waals surface area contributed by atoms with Crippen LogP contribution in [-0.2, 0) is 0 Å². The van der Waals surface area contributed by atoms with Crippen molar-refractivity contribution in [3.05, 3.63) is 12.2 Å². The fourth-order valence-corrected chi connectivity index (χ4v) is 0.751. The molecule has 1 heterocycles. The zero-order valence-electron chi connectivity index (χ0n) is 5.83. The number of rotatable bonds is 2. The van der Waals surface area contributed by atoms with Crippen LogP contribution >= 0.6 is 0 Å². The first kappa shape index (κ1) is 7.15. The molecule has 0 atom stereocenters. The number of nitrogens with two attached hydrogens (primary N) is 1. The average molecular weight is 137 g/mol. The summed E-state index contributed by atoms with van der Waals surface area (Å²) < 4.78 is 0. The number of hydrogen-bond donors (Lipinski definition) is 1. The first-order valence-electron chi connectivity index (χ1n) is 3.35. The highest BCUT2D eigenvalue weighted by Crippen LogP contribution is 1.91. The van der Waals surface area contributed by atoms with Crippen LogP contribution in [0.4, 0.5) is 0 Å². The van der Waals surface area contributed by atoms with E-state index in [9.17, 15) is 0 Å². The predicted molar refractivity (Wildman–Crippen MR) is 43.6 cm³/mol. The van der Waals surface area contributed by atoms with Crippen LogP contribution in [0.5, 0.6) is 0 Å². The molecule has 0 aliphatic carbocycles. The van der Waals surface area contributed by atoms with Gasteiger partial charge in [-0.3, -0.25) is 4.99 Å². The normalized spacial score (nSPS) is 16.7. The zero-order chi connectivity index (χ0) is 7.23. The van der Waals surface area contributed by atoms with Crippen LogP contribution in [0.25, 0.3) is 0 Å². The maximum Gasteiger partial charge on any atom is 0.110 e. The highest BCUT2D eigenvalue weighted by Gasteiger charge is 1.92. The highest BCUT2D eigenvalue weighted by atomic mass is 14.9. The molecule has 1 aliphatic heterocycles. The third kappa shape index (κ3) is 2.11. The molecule has 0 unspecified atom stereocenters. The molecule has 10 heavy (non-hydrogen) atoms. The number of hydrogen-bond acceptors (Lipinski definition) is 3. The summed E-state index contributed by atoms with van der Waals surface area (Å²) in [6, 6.07) is 0. The quantitative estimate of drug-likeness (QED) is 0.587. The minimum Gasteiger partial charge on any atom is -0.330 e. The van der Waals surface area contributed by atoms with E-state index in [-0.39, 0.29) is 0 Å². The van der Waals surface area contributed by atoms with Gasteiger partial charge in [-0.2, -0.15) is 0 Å². The Balaban J connectivity index is 2.55. The lowest BCUT2D eigenvalue weighted by Crippen LogP contribution is -2.05. The Hall–Kier alpha value is -0.960. The molecule has 3 nitrogen and oxygen atoms in total. The average Bonchev–Trinajstić information content (AvgIpc) is 2.17. The van der Waals surface area contributed by atoms with Crippen molar-refractivity contribution in [1.82, 2.24) is 0 Å². The molecule has 0 saturated carbocycles. The summed E-state index contributed by atoms with van der Waals surface area (Å²) in [6.45, 7) is 1.38. The molecule has 0 fully saturated rings. The van der Waals surface area contributed by atoms with E-state index in [1.165, 1.54) is 0 Å². The maximum atomic E-state index is 5.35. The highest BCUT2D eigenvalue weighted by molar-refractivity contribution is 5.99. The van der Waals surface area contributed by atoms with Crippen molar-refractivity contribution in [2.45, 2.75) is 6.42 Å². The Morgan fingerprint density at radius 3 is 3.30 bits per heavy atom. The van der Waals surface area contributed by atoms with Gasteiger partial charge in [-0.15, -0.1) is 0 Å². The lowest BCUT2D eigenvalue weighted by Gasteiger charge is -1.92. The van der Waals surface area contributed by atoms with Gasteiger partial charge in [0.1, 0.15) is 6.34 Å². The van der Waals surface area contributed by atoms with Crippen molar-refractivity contribution in [3.8, 4) is 0 Å². The molecular weight excluding hydrogens is 126 g/mol. The molecule has 0 aromatic carbocycles. The second kappa shape index (κ2) is 3.95.